The molecule has 0 amide bonds. The van der Waals surface area contributed by atoms with Crippen LogP contribution in [0, 0.1) is 23.7 Å². The Morgan fingerprint density at radius 2 is 0.920 bits per heavy atom. The van der Waals surface area contributed by atoms with Gasteiger partial charge in [-0.2, -0.15) is 0 Å². The Labute approximate surface area is 177 Å². The molecule has 0 heterocycles. The molecule has 0 spiro atoms. The van der Waals surface area contributed by atoms with E-state index >= 15 is 0 Å². The van der Waals surface area contributed by atoms with E-state index in [4.69, 9.17) is 0 Å². The summed E-state index contributed by atoms with van der Waals surface area (Å²) in [6, 6.07) is 0. The molecule has 2 rings (SSSR count). The van der Waals surface area contributed by atoms with Gasteiger partial charge in [0.25, 0.3) is 0 Å². The normalized spacial score (nSPS) is 17.4. The molecule has 0 aromatic rings. The van der Waals surface area contributed by atoms with Gasteiger partial charge in [0.2, 0.25) is 0 Å². The summed E-state index contributed by atoms with van der Waals surface area (Å²) in [5, 5.41) is 0. The zero-order valence-corrected chi connectivity index (χ0v) is 20.4. The summed E-state index contributed by atoms with van der Waals surface area (Å²) in [6.07, 6.45) is 7.51. The van der Waals surface area contributed by atoms with Crippen LogP contribution in [0.5, 0.6) is 0 Å². The van der Waals surface area contributed by atoms with Crippen LogP contribution in [0.4, 0.5) is 0 Å². The molecule has 0 fully saturated rings. The molecule has 0 unspecified atom stereocenters. The molecular formula is C22H36Cl2Ti. The minimum atomic E-state index is -0.140. The minimum absolute atomic E-state index is 0. The number of halogens is 2. The zero-order valence-electron chi connectivity index (χ0n) is 17.2. The molecule has 25 heavy (non-hydrogen) atoms. The fourth-order valence-electron chi connectivity index (χ4n) is 4.09. The Hall–Kier alpha value is 0.254. The number of allylic oxidation sites excluding steroid dienone is 8. The summed E-state index contributed by atoms with van der Waals surface area (Å²) in [7, 11) is 0. The van der Waals surface area contributed by atoms with Crippen molar-refractivity contribution in [2.75, 3.05) is 0 Å². The summed E-state index contributed by atoms with van der Waals surface area (Å²) in [5.74, 6) is 2.69. The number of hydrogen-bond donors (Lipinski definition) is 0. The predicted molar refractivity (Wildman–Crippen MR) is 113 cm³/mol. The Morgan fingerprint density at radius 3 is 1.16 bits per heavy atom. The Balaban J connectivity index is 0.00000288. The SMILES string of the molecule is CC(C)C1=CC[C]([Ti][C]2=C(C(C)C)C(C(C)C)=CC2)=C1C(C)C.Cl.Cl. The standard InChI is InChI=1S/2C11H17.2ClH.Ti/c2*1-8(2)10-6-5-7-11(10)9(3)4;;;/h2*6,8-9H,5H2,1-4H3;2*1H;. The maximum absolute atomic E-state index is 2.53. The molecule has 0 aromatic heterocycles. The number of hydrogen-bond acceptors (Lipinski definition) is 0. The summed E-state index contributed by atoms with van der Waals surface area (Å²) in [4.78, 5) is 0. The third kappa shape index (κ3) is 5.61. The van der Waals surface area contributed by atoms with Gasteiger partial charge < -0.3 is 0 Å². The molecule has 142 valence electrons. The predicted octanol–water partition coefficient (Wildman–Crippen LogP) is 7.70. The van der Waals surface area contributed by atoms with Crippen molar-refractivity contribution in [3.63, 3.8) is 0 Å². The van der Waals surface area contributed by atoms with Gasteiger partial charge in [-0.1, -0.05) is 0 Å². The first kappa shape index (κ1) is 25.3. The van der Waals surface area contributed by atoms with Gasteiger partial charge in [0.1, 0.15) is 0 Å². The van der Waals surface area contributed by atoms with E-state index in [1.54, 1.807) is 22.3 Å². The third-order valence-electron chi connectivity index (χ3n) is 5.02. The molecule has 0 aromatic carbocycles. The first-order chi connectivity index (χ1) is 10.7. The van der Waals surface area contributed by atoms with Crippen molar-refractivity contribution in [2.24, 2.45) is 23.7 Å². The van der Waals surface area contributed by atoms with Gasteiger partial charge in [-0.25, -0.2) is 0 Å². The van der Waals surface area contributed by atoms with Crippen molar-refractivity contribution >= 4 is 24.8 Å². The van der Waals surface area contributed by atoms with E-state index in [9.17, 15) is 0 Å². The van der Waals surface area contributed by atoms with Crippen LogP contribution in [0.3, 0.4) is 0 Å². The largest absolute Gasteiger partial charge is 0.147 e. The van der Waals surface area contributed by atoms with E-state index in [2.05, 4.69) is 67.5 Å². The average molecular weight is 419 g/mol. The minimum Gasteiger partial charge on any atom is -0.147 e. The van der Waals surface area contributed by atoms with Gasteiger partial charge in [-0.15, -0.1) is 24.8 Å². The van der Waals surface area contributed by atoms with E-state index < -0.39 is 0 Å². The van der Waals surface area contributed by atoms with Crippen LogP contribution in [-0.4, -0.2) is 0 Å². The summed E-state index contributed by atoms with van der Waals surface area (Å²) < 4.78 is 3.63. The molecule has 2 aliphatic rings. The van der Waals surface area contributed by atoms with Gasteiger partial charge in [-0.3, -0.25) is 0 Å². The summed E-state index contributed by atoms with van der Waals surface area (Å²) in [5.41, 5.74) is 6.71. The summed E-state index contributed by atoms with van der Waals surface area (Å²) in [6.45, 7) is 18.9. The van der Waals surface area contributed by atoms with Crippen LogP contribution in [-0.2, 0) is 19.2 Å². The molecule has 0 saturated carbocycles. The van der Waals surface area contributed by atoms with E-state index in [0.29, 0.717) is 23.7 Å². The van der Waals surface area contributed by atoms with Gasteiger partial charge >= 0.3 is 153 Å². The molecule has 0 N–H and O–H groups in total. The molecule has 0 saturated heterocycles. The maximum Gasteiger partial charge on any atom is -0.147 e. The first-order valence-corrected chi connectivity index (χ1v) is 10.9. The first-order valence-electron chi connectivity index (χ1n) is 9.37. The molecular weight excluding hydrogens is 383 g/mol. The maximum atomic E-state index is 2.53. The smallest absolute Gasteiger partial charge is 0.147 e. The van der Waals surface area contributed by atoms with Crippen LogP contribution in [0.25, 0.3) is 0 Å². The van der Waals surface area contributed by atoms with Gasteiger partial charge in [0.15, 0.2) is 0 Å². The quantitative estimate of drug-likeness (QED) is 0.387. The topological polar surface area (TPSA) is 0 Å². The number of rotatable bonds is 6. The van der Waals surface area contributed by atoms with Gasteiger partial charge in [0, 0.05) is 0 Å². The summed E-state index contributed by atoms with van der Waals surface area (Å²) >= 11 is -0.140. The molecule has 0 atom stereocenters. The van der Waals surface area contributed by atoms with E-state index in [1.807, 2.05) is 7.76 Å². The molecule has 0 aliphatic heterocycles. The van der Waals surface area contributed by atoms with Crippen molar-refractivity contribution in [3.05, 3.63) is 42.2 Å². The molecule has 0 radical (unpaired) electrons. The average Bonchev–Trinajstić information content (AvgIpc) is 3.02. The van der Waals surface area contributed by atoms with Crippen LogP contribution in [0.15, 0.2) is 42.2 Å². The molecule has 0 bridgehead atoms. The monoisotopic (exact) mass is 418 g/mol. The second-order valence-electron chi connectivity index (χ2n) is 8.26. The second-order valence-corrected chi connectivity index (χ2v) is 10.5. The molecule has 2 aliphatic carbocycles. The third-order valence-corrected chi connectivity index (χ3v) is 7.45. The van der Waals surface area contributed by atoms with Crippen molar-refractivity contribution < 1.29 is 19.2 Å². The van der Waals surface area contributed by atoms with Crippen molar-refractivity contribution in [2.45, 2.75) is 68.2 Å². The Kier molecular flexibility index (Phi) is 10.7. The van der Waals surface area contributed by atoms with E-state index in [1.165, 1.54) is 12.8 Å². The van der Waals surface area contributed by atoms with Crippen LogP contribution < -0.4 is 0 Å². The van der Waals surface area contributed by atoms with Crippen LogP contribution in [0.2, 0.25) is 0 Å². The van der Waals surface area contributed by atoms with Gasteiger partial charge in [-0.05, 0) is 0 Å². The van der Waals surface area contributed by atoms with Crippen LogP contribution >= 0.6 is 24.8 Å². The fraction of sp³-hybridized carbons (Fsp3) is 0.636. The van der Waals surface area contributed by atoms with Crippen molar-refractivity contribution in [1.29, 1.82) is 0 Å². The van der Waals surface area contributed by atoms with Crippen molar-refractivity contribution in [3.8, 4) is 0 Å². The van der Waals surface area contributed by atoms with Crippen molar-refractivity contribution in [1.82, 2.24) is 0 Å². The van der Waals surface area contributed by atoms with E-state index in [-0.39, 0.29) is 44.0 Å². The van der Waals surface area contributed by atoms with Gasteiger partial charge in [0.05, 0.1) is 0 Å². The Morgan fingerprint density at radius 1 is 0.600 bits per heavy atom. The Bertz CT molecular complexity index is 535. The molecule has 0 nitrogen and oxygen atoms in total. The van der Waals surface area contributed by atoms with Crippen LogP contribution in [0.1, 0.15) is 68.2 Å². The second kappa shape index (κ2) is 10.6. The molecule has 3 heteroatoms. The van der Waals surface area contributed by atoms with E-state index in [0.717, 1.165) is 0 Å². The zero-order chi connectivity index (χ0) is 17.3. The fourth-order valence-corrected chi connectivity index (χ4v) is 7.07.